The normalized spacial score (nSPS) is 20.8. The first-order valence-electron chi connectivity index (χ1n) is 9.27. The van der Waals surface area contributed by atoms with Gasteiger partial charge < -0.3 is 0 Å². The molecule has 0 bridgehead atoms. The van der Waals surface area contributed by atoms with Crippen LogP contribution < -0.4 is 0 Å². The largest absolute Gasteiger partial charge is 0.297 e. The van der Waals surface area contributed by atoms with E-state index in [2.05, 4.69) is 23.5 Å². The van der Waals surface area contributed by atoms with Crippen LogP contribution in [0.2, 0.25) is 5.02 Å². The van der Waals surface area contributed by atoms with E-state index < -0.39 is 11.5 Å². The van der Waals surface area contributed by atoms with Crippen molar-refractivity contribution in [2.75, 3.05) is 6.54 Å². The molecule has 0 aromatic heterocycles. The van der Waals surface area contributed by atoms with Crippen molar-refractivity contribution in [1.29, 1.82) is 0 Å². The molecule has 0 aliphatic carbocycles. The second-order valence-electron chi connectivity index (χ2n) is 7.40. The number of aliphatic imine (C=N–C) groups is 2. The van der Waals surface area contributed by atoms with Gasteiger partial charge in [0.05, 0.1) is 12.9 Å². The smallest absolute Gasteiger partial charge is 0.289 e. The standard InChI is InChI=1S/C22H24ClF2N3/c1-5-7-8-19-15(6-2)13-26-14-28(19)20-11-16-9-10-17(23)12-18(16)22(24,25)21(3,4)27-20/h5,7-10,12,14H,1,6,11,13H2,2-4H3/b8-7-. The van der Waals surface area contributed by atoms with E-state index in [4.69, 9.17) is 11.6 Å². The molecule has 0 radical (unpaired) electrons. The highest BCUT2D eigenvalue weighted by Crippen LogP contribution is 2.45. The van der Waals surface area contributed by atoms with Gasteiger partial charge in [-0.25, -0.2) is 0 Å². The molecule has 0 fully saturated rings. The van der Waals surface area contributed by atoms with Crippen LogP contribution in [0.1, 0.15) is 38.3 Å². The molecule has 2 aliphatic heterocycles. The predicted octanol–water partition coefficient (Wildman–Crippen LogP) is 5.92. The topological polar surface area (TPSA) is 28.0 Å². The first kappa shape index (κ1) is 20.5. The number of amidine groups is 1. The fourth-order valence-corrected chi connectivity index (χ4v) is 3.64. The number of halogens is 3. The summed E-state index contributed by atoms with van der Waals surface area (Å²) in [5.41, 5.74) is 0.841. The summed E-state index contributed by atoms with van der Waals surface area (Å²) in [6, 6.07) is 4.66. The molecule has 6 heteroatoms. The van der Waals surface area contributed by atoms with Crippen LogP contribution in [-0.2, 0) is 12.3 Å². The lowest BCUT2D eigenvalue weighted by molar-refractivity contribution is -0.0659. The molecule has 148 valence electrons. The Hall–Kier alpha value is -2.27. The highest BCUT2D eigenvalue weighted by atomic mass is 35.5. The number of hydrogen-bond donors (Lipinski definition) is 0. The van der Waals surface area contributed by atoms with Crippen LogP contribution in [-0.4, -0.2) is 29.2 Å². The molecule has 1 aromatic rings. The van der Waals surface area contributed by atoms with Gasteiger partial charge in [0.15, 0.2) is 0 Å². The Bertz CT molecular complexity index is 910. The molecule has 2 aliphatic rings. The molecular formula is C22H24ClF2N3. The van der Waals surface area contributed by atoms with Gasteiger partial charge in [-0.15, -0.1) is 0 Å². The number of nitrogens with zero attached hydrogens (tertiary/aromatic N) is 3. The van der Waals surface area contributed by atoms with Crippen molar-refractivity contribution < 1.29 is 8.78 Å². The predicted molar refractivity (Wildman–Crippen MR) is 112 cm³/mol. The van der Waals surface area contributed by atoms with Crippen molar-refractivity contribution >= 4 is 23.8 Å². The average molecular weight is 404 g/mol. The quantitative estimate of drug-likeness (QED) is 0.576. The number of alkyl halides is 2. The second-order valence-corrected chi connectivity index (χ2v) is 7.84. The van der Waals surface area contributed by atoms with E-state index in [-0.39, 0.29) is 12.0 Å². The van der Waals surface area contributed by atoms with Gasteiger partial charge in [-0.2, -0.15) is 8.78 Å². The molecular weight excluding hydrogens is 380 g/mol. The Morgan fingerprint density at radius 1 is 1.32 bits per heavy atom. The molecule has 2 heterocycles. The van der Waals surface area contributed by atoms with E-state index in [9.17, 15) is 0 Å². The monoisotopic (exact) mass is 403 g/mol. The Morgan fingerprint density at radius 3 is 2.75 bits per heavy atom. The first-order valence-corrected chi connectivity index (χ1v) is 9.64. The van der Waals surface area contributed by atoms with Gasteiger partial charge >= 0.3 is 0 Å². The Labute approximate surface area is 169 Å². The van der Waals surface area contributed by atoms with Crippen molar-refractivity contribution in [3.8, 4) is 0 Å². The van der Waals surface area contributed by atoms with Gasteiger partial charge in [0.2, 0.25) is 0 Å². The second kappa shape index (κ2) is 7.63. The van der Waals surface area contributed by atoms with E-state index in [1.54, 1.807) is 24.5 Å². The Morgan fingerprint density at radius 2 is 2.07 bits per heavy atom. The first-order chi connectivity index (χ1) is 13.2. The molecule has 28 heavy (non-hydrogen) atoms. The number of hydrogen-bond acceptors (Lipinski definition) is 3. The minimum Gasteiger partial charge on any atom is -0.289 e. The van der Waals surface area contributed by atoms with Gasteiger partial charge in [-0.1, -0.05) is 43.3 Å². The Kier molecular flexibility index (Phi) is 5.57. The third-order valence-electron chi connectivity index (χ3n) is 5.13. The fraction of sp³-hybridized carbons (Fsp3) is 0.364. The van der Waals surface area contributed by atoms with Gasteiger partial charge in [0.25, 0.3) is 5.92 Å². The summed E-state index contributed by atoms with van der Waals surface area (Å²) >= 11 is 6.03. The zero-order valence-electron chi connectivity index (χ0n) is 16.3. The zero-order chi connectivity index (χ0) is 20.5. The third kappa shape index (κ3) is 3.55. The summed E-state index contributed by atoms with van der Waals surface area (Å²) in [7, 11) is 0. The minimum absolute atomic E-state index is 0.0689. The lowest BCUT2D eigenvalue weighted by Crippen LogP contribution is -2.40. The number of allylic oxidation sites excluding steroid dienone is 3. The van der Waals surface area contributed by atoms with Crippen LogP contribution in [0.4, 0.5) is 8.78 Å². The van der Waals surface area contributed by atoms with Crippen molar-refractivity contribution in [3.05, 3.63) is 70.4 Å². The SMILES string of the molecule is C=C/C=C\C1=C(CC)CN=CN1C1=NC(C)(C)C(F)(F)c2cc(Cl)ccc2C1. The van der Waals surface area contributed by atoms with Crippen LogP contribution in [0.15, 0.2) is 64.3 Å². The summed E-state index contributed by atoms with van der Waals surface area (Å²) in [6.07, 6.45) is 8.20. The van der Waals surface area contributed by atoms with E-state index in [1.165, 1.54) is 19.9 Å². The molecule has 0 saturated heterocycles. The van der Waals surface area contributed by atoms with Crippen molar-refractivity contribution in [1.82, 2.24) is 4.90 Å². The lowest BCUT2D eigenvalue weighted by atomic mass is 9.88. The van der Waals surface area contributed by atoms with Crippen LogP contribution >= 0.6 is 11.6 Å². The van der Waals surface area contributed by atoms with Crippen molar-refractivity contribution in [2.45, 2.75) is 45.1 Å². The zero-order valence-corrected chi connectivity index (χ0v) is 17.1. The summed E-state index contributed by atoms with van der Waals surface area (Å²) in [5.74, 6) is -2.63. The van der Waals surface area contributed by atoms with Gasteiger partial charge in [-0.05, 0) is 49.6 Å². The highest BCUT2D eigenvalue weighted by Gasteiger charge is 2.51. The van der Waals surface area contributed by atoms with Crippen LogP contribution in [0.25, 0.3) is 0 Å². The number of fused-ring (bicyclic) bond motifs is 1. The van der Waals surface area contributed by atoms with Gasteiger partial charge in [0, 0.05) is 22.7 Å². The Balaban J connectivity index is 2.17. The molecule has 0 atom stereocenters. The van der Waals surface area contributed by atoms with Gasteiger partial charge in [0.1, 0.15) is 11.4 Å². The fourth-order valence-electron chi connectivity index (χ4n) is 3.47. The minimum atomic E-state index is -3.16. The van der Waals surface area contributed by atoms with E-state index in [1.807, 2.05) is 17.1 Å². The van der Waals surface area contributed by atoms with Crippen LogP contribution in [0.5, 0.6) is 0 Å². The summed E-state index contributed by atoms with van der Waals surface area (Å²) in [4.78, 5) is 10.8. The summed E-state index contributed by atoms with van der Waals surface area (Å²) in [6.45, 7) is 9.27. The molecule has 0 amide bonds. The maximum absolute atomic E-state index is 15.3. The van der Waals surface area contributed by atoms with Crippen molar-refractivity contribution in [3.63, 3.8) is 0 Å². The lowest BCUT2D eigenvalue weighted by Gasteiger charge is -2.32. The molecule has 0 saturated carbocycles. The molecule has 1 aromatic carbocycles. The van der Waals surface area contributed by atoms with E-state index in [0.717, 1.165) is 17.7 Å². The molecule has 3 rings (SSSR count). The van der Waals surface area contributed by atoms with Crippen LogP contribution in [0, 0.1) is 0 Å². The number of rotatable bonds is 3. The van der Waals surface area contributed by atoms with Crippen LogP contribution in [0.3, 0.4) is 0 Å². The highest BCUT2D eigenvalue weighted by molar-refractivity contribution is 6.30. The molecule has 0 spiro atoms. The summed E-state index contributed by atoms with van der Waals surface area (Å²) < 4.78 is 30.7. The van der Waals surface area contributed by atoms with Crippen molar-refractivity contribution in [2.24, 2.45) is 9.98 Å². The summed E-state index contributed by atoms with van der Waals surface area (Å²) in [5, 5.41) is 0.292. The van der Waals surface area contributed by atoms with E-state index in [0.29, 0.717) is 23.0 Å². The molecule has 0 unspecified atom stereocenters. The maximum atomic E-state index is 15.3. The molecule has 0 N–H and O–H groups in total. The average Bonchev–Trinajstić information content (AvgIpc) is 2.73. The third-order valence-corrected chi connectivity index (χ3v) is 5.37. The van der Waals surface area contributed by atoms with E-state index >= 15 is 8.78 Å². The maximum Gasteiger partial charge on any atom is 0.297 e. The number of benzene rings is 1. The van der Waals surface area contributed by atoms with Gasteiger partial charge in [-0.3, -0.25) is 14.9 Å². The molecule has 3 nitrogen and oxygen atoms in total.